The van der Waals surface area contributed by atoms with E-state index in [1.807, 2.05) is 6.07 Å². The van der Waals surface area contributed by atoms with Crippen molar-refractivity contribution < 1.29 is 10.0 Å². The molecule has 1 saturated carbocycles. The monoisotopic (exact) mass is 278 g/mol. The van der Waals surface area contributed by atoms with Gasteiger partial charge in [0.05, 0.1) is 4.92 Å². The van der Waals surface area contributed by atoms with E-state index >= 15 is 0 Å². The van der Waals surface area contributed by atoms with Gasteiger partial charge in [0.1, 0.15) is 0 Å². The molecule has 1 aliphatic rings. The third kappa shape index (κ3) is 3.35. The molecule has 2 N–H and O–H groups in total. The average Bonchev–Trinajstić information content (AvgIpc) is 2.46. The number of nitro benzene ring substituents is 1. The highest BCUT2D eigenvalue weighted by Crippen LogP contribution is 2.25. The predicted molar refractivity (Wildman–Crippen MR) is 77.5 cm³/mol. The summed E-state index contributed by atoms with van der Waals surface area (Å²) in [4.78, 5) is 10.6. The number of hydrogen-bond acceptors (Lipinski definition) is 4. The summed E-state index contributed by atoms with van der Waals surface area (Å²) in [6.45, 7) is 2.62. The molecule has 0 bridgehead atoms. The van der Waals surface area contributed by atoms with E-state index < -0.39 is 0 Å². The van der Waals surface area contributed by atoms with E-state index in [1.165, 1.54) is 18.9 Å². The second kappa shape index (κ2) is 6.81. The quantitative estimate of drug-likeness (QED) is 0.641. The lowest BCUT2D eigenvalue weighted by molar-refractivity contribution is -0.385. The molecule has 0 heterocycles. The zero-order chi connectivity index (χ0) is 14.5. The number of hydrogen-bond donors (Lipinski definition) is 2. The molecule has 2 unspecified atom stereocenters. The first-order chi connectivity index (χ1) is 9.63. The van der Waals surface area contributed by atoms with E-state index in [0.29, 0.717) is 18.5 Å². The highest BCUT2D eigenvalue weighted by molar-refractivity contribution is 5.44. The summed E-state index contributed by atoms with van der Waals surface area (Å²) in [6, 6.07) is 5.50. The first-order valence-electron chi connectivity index (χ1n) is 7.20. The Morgan fingerprint density at radius 3 is 2.85 bits per heavy atom. The summed E-state index contributed by atoms with van der Waals surface area (Å²) in [5, 5.41) is 23.8. The molecular weight excluding hydrogens is 256 g/mol. The maximum Gasteiger partial charge on any atom is 0.272 e. The molecule has 1 aromatic carbocycles. The molecule has 5 heteroatoms. The van der Waals surface area contributed by atoms with Crippen LogP contribution in [0.1, 0.15) is 36.8 Å². The number of aliphatic hydroxyl groups excluding tert-OH is 1. The van der Waals surface area contributed by atoms with Crippen molar-refractivity contribution in [2.45, 2.75) is 45.2 Å². The summed E-state index contributed by atoms with van der Waals surface area (Å²) in [6.07, 6.45) is 4.49. The van der Waals surface area contributed by atoms with Crippen molar-refractivity contribution in [2.75, 3.05) is 6.61 Å². The lowest BCUT2D eigenvalue weighted by Gasteiger charge is -2.31. The predicted octanol–water partition coefficient (Wildman–Crippen LogP) is 2.54. The largest absolute Gasteiger partial charge is 0.396 e. The Morgan fingerprint density at radius 1 is 1.40 bits per heavy atom. The van der Waals surface area contributed by atoms with Crippen molar-refractivity contribution in [1.82, 2.24) is 5.32 Å². The fraction of sp³-hybridized carbons (Fsp3) is 0.600. The number of rotatable bonds is 5. The van der Waals surface area contributed by atoms with Crippen molar-refractivity contribution in [2.24, 2.45) is 5.92 Å². The number of aliphatic hydroxyl groups is 1. The number of nitrogens with one attached hydrogen (secondary N) is 1. The van der Waals surface area contributed by atoms with Gasteiger partial charge in [-0.05, 0) is 31.2 Å². The van der Waals surface area contributed by atoms with E-state index in [0.717, 1.165) is 24.0 Å². The van der Waals surface area contributed by atoms with E-state index in [-0.39, 0.29) is 17.2 Å². The van der Waals surface area contributed by atoms with Gasteiger partial charge in [0.2, 0.25) is 0 Å². The third-order valence-corrected chi connectivity index (χ3v) is 4.31. The second-order valence-corrected chi connectivity index (χ2v) is 5.53. The zero-order valence-corrected chi connectivity index (χ0v) is 11.8. The van der Waals surface area contributed by atoms with Crippen LogP contribution in [0.2, 0.25) is 0 Å². The van der Waals surface area contributed by atoms with E-state index in [4.69, 9.17) is 0 Å². The molecule has 2 atom stereocenters. The molecular formula is C15H22N2O3. The minimum Gasteiger partial charge on any atom is -0.396 e. The topological polar surface area (TPSA) is 75.4 Å². The lowest BCUT2D eigenvalue weighted by atomic mass is 9.85. The Kier molecular flexibility index (Phi) is 5.09. The minimum atomic E-state index is -0.337. The van der Waals surface area contributed by atoms with Crippen LogP contribution in [0.4, 0.5) is 5.69 Å². The van der Waals surface area contributed by atoms with Gasteiger partial charge in [-0.25, -0.2) is 0 Å². The summed E-state index contributed by atoms with van der Waals surface area (Å²) in [5.74, 6) is 0.308. The molecule has 1 fully saturated rings. The van der Waals surface area contributed by atoms with Crippen molar-refractivity contribution in [3.05, 3.63) is 39.4 Å². The standard InChI is InChI=1S/C15H22N2O3/c1-11-12(6-4-8-15(11)17(19)20)9-16-14-7-3-2-5-13(14)10-18/h4,6,8,13-14,16,18H,2-3,5,7,9-10H2,1H3. The number of nitrogens with zero attached hydrogens (tertiary/aromatic N) is 1. The van der Waals surface area contributed by atoms with Crippen LogP contribution < -0.4 is 5.32 Å². The summed E-state index contributed by atoms with van der Waals surface area (Å²) < 4.78 is 0. The average molecular weight is 278 g/mol. The van der Waals surface area contributed by atoms with Crippen molar-refractivity contribution >= 4 is 5.69 Å². The molecule has 20 heavy (non-hydrogen) atoms. The molecule has 0 radical (unpaired) electrons. The molecule has 1 aliphatic carbocycles. The molecule has 5 nitrogen and oxygen atoms in total. The number of benzene rings is 1. The summed E-state index contributed by atoms with van der Waals surface area (Å²) in [7, 11) is 0. The van der Waals surface area contributed by atoms with Gasteiger partial charge in [0.15, 0.2) is 0 Å². The first kappa shape index (κ1) is 14.9. The van der Waals surface area contributed by atoms with Gasteiger partial charge in [0, 0.05) is 30.8 Å². The molecule has 0 spiro atoms. The maximum atomic E-state index is 10.9. The SMILES string of the molecule is Cc1c(CNC2CCCCC2CO)cccc1[N+](=O)[O-]. The fourth-order valence-electron chi connectivity index (χ4n) is 3.00. The molecule has 110 valence electrons. The Labute approximate surface area is 119 Å². The van der Waals surface area contributed by atoms with Gasteiger partial charge in [-0.3, -0.25) is 10.1 Å². The van der Waals surface area contributed by atoms with E-state index in [9.17, 15) is 15.2 Å². The molecule has 0 aromatic heterocycles. The van der Waals surface area contributed by atoms with Gasteiger partial charge < -0.3 is 10.4 Å². The van der Waals surface area contributed by atoms with Gasteiger partial charge >= 0.3 is 0 Å². The van der Waals surface area contributed by atoms with E-state index in [1.54, 1.807) is 13.0 Å². The van der Waals surface area contributed by atoms with Crippen LogP contribution in [0.5, 0.6) is 0 Å². The Hall–Kier alpha value is -1.46. The Morgan fingerprint density at radius 2 is 2.15 bits per heavy atom. The lowest BCUT2D eigenvalue weighted by Crippen LogP contribution is -2.39. The summed E-state index contributed by atoms with van der Waals surface area (Å²) in [5.41, 5.74) is 1.86. The third-order valence-electron chi connectivity index (χ3n) is 4.31. The van der Waals surface area contributed by atoms with E-state index in [2.05, 4.69) is 5.32 Å². The first-order valence-corrected chi connectivity index (χ1v) is 7.20. The summed E-state index contributed by atoms with van der Waals surface area (Å²) >= 11 is 0. The second-order valence-electron chi connectivity index (χ2n) is 5.53. The van der Waals surface area contributed by atoms with Gasteiger partial charge in [-0.2, -0.15) is 0 Å². The van der Waals surface area contributed by atoms with Crippen molar-refractivity contribution in [3.63, 3.8) is 0 Å². The molecule has 0 saturated heterocycles. The van der Waals surface area contributed by atoms with Crippen molar-refractivity contribution in [3.8, 4) is 0 Å². The molecule has 2 rings (SSSR count). The highest BCUT2D eigenvalue weighted by atomic mass is 16.6. The molecule has 0 amide bonds. The van der Waals surface area contributed by atoms with Gasteiger partial charge in [-0.1, -0.05) is 25.0 Å². The zero-order valence-electron chi connectivity index (χ0n) is 11.8. The van der Waals surface area contributed by atoms with Crippen LogP contribution in [0, 0.1) is 23.0 Å². The van der Waals surface area contributed by atoms with Gasteiger partial charge in [0.25, 0.3) is 5.69 Å². The van der Waals surface area contributed by atoms with Crippen LogP contribution in [0.15, 0.2) is 18.2 Å². The van der Waals surface area contributed by atoms with Gasteiger partial charge in [-0.15, -0.1) is 0 Å². The maximum absolute atomic E-state index is 10.9. The van der Waals surface area contributed by atoms with Crippen LogP contribution in [-0.2, 0) is 6.54 Å². The smallest absolute Gasteiger partial charge is 0.272 e. The molecule has 1 aromatic rings. The van der Waals surface area contributed by atoms with Crippen LogP contribution in [-0.4, -0.2) is 22.7 Å². The van der Waals surface area contributed by atoms with Crippen LogP contribution >= 0.6 is 0 Å². The fourth-order valence-corrected chi connectivity index (χ4v) is 3.00. The molecule has 0 aliphatic heterocycles. The minimum absolute atomic E-state index is 0.173. The van der Waals surface area contributed by atoms with Crippen LogP contribution in [0.25, 0.3) is 0 Å². The van der Waals surface area contributed by atoms with Crippen LogP contribution in [0.3, 0.4) is 0 Å². The van der Waals surface area contributed by atoms with Crippen molar-refractivity contribution in [1.29, 1.82) is 0 Å². The Bertz CT molecular complexity index is 476. The normalized spacial score (nSPS) is 22.7. The number of nitro groups is 1. The Balaban J connectivity index is 2.03. The highest BCUT2D eigenvalue weighted by Gasteiger charge is 2.24.